The first-order chi connectivity index (χ1) is 22.9. The highest BCUT2D eigenvalue weighted by atomic mass is 19.4. The Labute approximate surface area is 279 Å². The van der Waals surface area contributed by atoms with Crippen molar-refractivity contribution in [3.8, 4) is 5.75 Å². The van der Waals surface area contributed by atoms with Gasteiger partial charge >= 0.3 is 18.3 Å². The van der Waals surface area contributed by atoms with Crippen LogP contribution in [0.3, 0.4) is 0 Å². The lowest BCUT2D eigenvalue weighted by atomic mass is 9.83. The molecule has 3 aromatic carbocycles. The standard InChI is InChI=1S/C35H36F6N2O6/c1-32(2,3)49-28(45)14-15-33(31(46)42-21-22-18-25(34(36,37)38)20-26(19-22)35(39,40)41)29(23-8-5-4-6-9-23)48-30(43-33)24-10-12-27(13-11-24)47-17-7-16-44/h4-6,8-13,18-20,29,44H,7,14-17,21H2,1-3H3,(H,42,46)/t29-,33-/m1/s1. The number of carbonyl (C=O) groups is 2. The van der Waals surface area contributed by atoms with Crippen molar-refractivity contribution in [2.45, 2.75) is 76.2 Å². The van der Waals surface area contributed by atoms with Gasteiger partial charge in [-0.05, 0) is 80.8 Å². The molecule has 0 aromatic heterocycles. The number of hydrogen-bond donors (Lipinski definition) is 2. The van der Waals surface area contributed by atoms with Crippen molar-refractivity contribution in [1.82, 2.24) is 5.32 Å². The van der Waals surface area contributed by atoms with E-state index in [9.17, 15) is 35.9 Å². The van der Waals surface area contributed by atoms with Gasteiger partial charge in [0.25, 0.3) is 5.91 Å². The minimum atomic E-state index is -5.08. The summed E-state index contributed by atoms with van der Waals surface area (Å²) in [6.45, 7) is 4.50. The summed E-state index contributed by atoms with van der Waals surface area (Å²) in [6.07, 6.45) is -11.5. The van der Waals surface area contributed by atoms with Crippen molar-refractivity contribution >= 4 is 17.8 Å². The van der Waals surface area contributed by atoms with E-state index >= 15 is 0 Å². The van der Waals surface area contributed by atoms with Crippen molar-refractivity contribution in [1.29, 1.82) is 0 Å². The number of aliphatic imine (C=N–C) groups is 1. The fraction of sp³-hybridized carbons (Fsp3) is 0.400. The molecule has 49 heavy (non-hydrogen) atoms. The maximum absolute atomic E-state index is 14.2. The molecule has 2 atom stereocenters. The Morgan fingerprint density at radius 1 is 0.918 bits per heavy atom. The number of hydrogen-bond acceptors (Lipinski definition) is 7. The lowest BCUT2D eigenvalue weighted by molar-refractivity contribution is -0.155. The second kappa shape index (κ2) is 14.9. The molecular formula is C35H36F6N2O6. The molecule has 1 heterocycles. The molecule has 8 nitrogen and oxygen atoms in total. The van der Waals surface area contributed by atoms with Crippen LogP contribution >= 0.6 is 0 Å². The van der Waals surface area contributed by atoms with Gasteiger partial charge in [-0.3, -0.25) is 9.59 Å². The topological polar surface area (TPSA) is 106 Å². The Hall–Kier alpha value is -4.59. The lowest BCUT2D eigenvalue weighted by Crippen LogP contribution is -2.48. The number of amides is 1. The van der Waals surface area contributed by atoms with Gasteiger partial charge in [0.2, 0.25) is 5.90 Å². The molecule has 1 amide bonds. The number of rotatable bonds is 12. The van der Waals surface area contributed by atoms with E-state index in [-0.39, 0.29) is 38.0 Å². The highest BCUT2D eigenvalue weighted by Gasteiger charge is 2.53. The van der Waals surface area contributed by atoms with Crippen molar-refractivity contribution in [3.63, 3.8) is 0 Å². The van der Waals surface area contributed by atoms with Crippen LogP contribution in [0.4, 0.5) is 26.3 Å². The van der Waals surface area contributed by atoms with Gasteiger partial charge in [0.05, 0.1) is 17.7 Å². The van der Waals surface area contributed by atoms with Crippen LogP contribution in [0.1, 0.15) is 74.0 Å². The van der Waals surface area contributed by atoms with Crippen LogP contribution in [-0.4, -0.2) is 47.2 Å². The number of aliphatic hydroxyl groups is 1. The fourth-order valence-electron chi connectivity index (χ4n) is 5.14. The third-order valence-corrected chi connectivity index (χ3v) is 7.36. The zero-order valence-corrected chi connectivity index (χ0v) is 27.0. The second-order valence-corrected chi connectivity index (χ2v) is 12.4. The van der Waals surface area contributed by atoms with Gasteiger partial charge in [-0.2, -0.15) is 26.3 Å². The minimum absolute atomic E-state index is 0.00339. The quantitative estimate of drug-likeness (QED) is 0.118. The summed E-state index contributed by atoms with van der Waals surface area (Å²) >= 11 is 0. The smallest absolute Gasteiger partial charge is 0.416 e. The Bertz CT molecular complexity index is 1600. The number of alkyl halides is 6. The largest absolute Gasteiger partial charge is 0.494 e. The predicted octanol–water partition coefficient (Wildman–Crippen LogP) is 7.18. The molecule has 0 spiro atoms. The van der Waals surface area contributed by atoms with E-state index in [1.54, 1.807) is 75.4 Å². The van der Waals surface area contributed by atoms with Crippen molar-refractivity contribution in [3.05, 3.63) is 101 Å². The van der Waals surface area contributed by atoms with E-state index in [1.165, 1.54) is 0 Å². The molecule has 1 aliphatic heterocycles. The molecular weight excluding hydrogens is 658 g/mol. The number of ether oxygens (including phenoxy) is 3. The molecule has 0 unspecified atom stereocenters. The van der Waals surface area contributed by atoms with Crippen LogP contribution < -0.4 is 10.1 Å². The van der Waals surface area contributed by atoms with Crippen LogP contribution in [0.25, 0.3) is 0 Å². The normalized spacial score (nSPS) is 18.0. The lowest BCUT2D eigenvalue weighted by Gasteiger charge is -2.31. The summed E-state index contributed by atoms with van der Waals surface area (Å²) in [5.41, 5.74) is -5.36. The summed E-state index contributed by atoms with van der Waals surface area (Å²) < 4.78 is 98.5. The van der Waals surface area contributed by atoms with Gasteiger partial charge in [-0.1, -0.05) is 30.3 Å². The van der Waals surface area contributed by atoms with Crippen LogP contribution in [0, 0.1) is 0 Å². The molecule has 2 N–H and O–H groups in total. The average molecular weight is 695 g/mol. The van der Waals surface area contributed by atoms with E-state index in [0.29, 0.717) is 35.4 Å². The molecule has 0 saturated carbocycles. The van der Waals surface area contributed by atoms with Gasteiger partial charge in [0, 0.05) is 31.6 Å². The van der Waals surface area contributed by atoms with E-state index in [4.69, 9.17) is 19.3 Å². The van der Waals surface area contributed by atoms with E-state index in [0.717, 1.165) is 0 Å². The van der Waals surface area contributed by atoms with Crippen molar-refractivity contribution in [2.75, 3.05) is 13.2 Å². The molecule has 3 aromatic rings. The van der Waals surface area contributed by atoms with Crippen molar-refractivity contribution in [2.24, 2.45) is 4.99 Å². The van der Waals surface area contributed by atoms with Crippen LogP contribution in [-0.2, 0) is 38.0 Å². The van der Waals surface area contributed by atoms with Gasteiger partial charge < -0.3 is 24.6 Å². The summed E-state index contributed by atoms with van der Waals surface area (Å²) in [7, 11) is 0. The molecule has 0 fully saturated rings. The average Bonchev–Trinajstić information content (AvgIpc) is 3.43. The first kappa shape index (κ1) is 37.2. The monoisotopic (exact) mass is 694 g/mol. The van der Waals surface area contributed by atoms with E-state index in [2.05, 4.69) is 10.3 Å². The molecule has 264 valence electrons. The molecule has 4 rings (SSSR count). The Morgan fingerprint density at radius 2 is 1.53 bits per heavy atom. The van der Waals surface area contributed by atoms with Gasteiger partial charge in [-0.25, -0.2) is 4.99 Å². The van der Waals surface area contributed by atoms with Crippen molar-refractivity contribution < 1.29 is 55.2 Å². The summed E-state index contributed by atoms with van der Waals surface area (Å²) in [4.78, 5) is 31.8. The summed E-state index contributed by atoms with van der Waals surface area (Å²) in [6, 6.07) is 16.0. The molecule has 1 aliphatic rings. The SMILES string of the molecule is CC(C)(C)OC(=O)CC[C@@]1(C(=O)NCc2cc(C(F)(F)F)cc(C(F)(F)F)c2)N=C(c2ccc(OCCCO)cc2)O[C@@H]1c1ccccc1. The number of nitrogens with one attached hydrogen (secondary N) is 1. The molecule has 0 bridgehead atoms. The van der Waals surface area contributed by atoms with Crippen LogP contribution in [0.2, 0.25) is 0 Å². The Kier molecular flexibility index (Phi) is 11.3. The third-order valence-electron chi connectivity index (χ3n) is 7.36. The molecule has 0 radical (unpaired) electrons. The van der Waals surface area contributed by atoms with E-state index < -0.39 is 64.7 Å². The number of halogens is 6. The third kappa shape index (κ3) is 9.74. The van der Waals surface area contributed by atoms with Gasteiger partial charge in [0.15, 0.2) is 11.6 Å². The zero-order valence-electron chi connectivity index (χ0n) is 27.0. The first-order valence-corrected chi connectivity index (χ1v) is 15.4. The number of carbonyl (C=O) groups excluding carboxylic acids is 2. The van der Waals surface area contributed by atoms with Gasteiger partial charge in [-0.15, -0.1) is 0 Å². The minimum Gasteiger partial charge on any atom is -0.494 e. The second-order valence-electron chi connectivity index (χ2n) is 12.4. The maximum atomic E-state index is 14.2. The number of nitrogens with zero attached hydrogens (tertiary/aromatic N) is 1. The fourth-order valence-corrected chi connectivity index (χ4v) is 5.14. The molecule has 0 saturated heterocycles. The highest BCUT2D eigenvalue weighted by Crippen LogP contribution is 2.44. The highest BCUT2D eigenvalue weighted by molar-refractivity contribution is 6.01. The summed E-state index contributed by atoms with van der Waals surface area (Å²) in [5, 5.41) is 11.5. The maximum Gasteiger partial charge on any atom is 0.416 e. The molecule has 0 aliphatic carbocycles. The number of benzene rings is 3. The Morgan fingerprint density at radius 3 is 2.08 bits per heavy atom. The van der Waals surface area contributed by atoms with E-state index in [1.807, 2.05) is 0 Å². The van der Waals surface area contributed by atoms with Gasteiger partial charge in [0.1, 0.15) is 11.4 Å². The number of esters is 1. The Balaban J connectivity index is 1.75. The predicted molar refractivity (Wildman–Crippen MR) is 167 cm³/mol. The van der Waals surface area contributed by atoms with Crippen LogP contribution in [0.5, 0.6) is 5.75 Å². The van der Waals surface area contributed by atoms with Crippen LogP contribution in [0.15, 0.2) is 77.8 Å². The zero-order chi connectivity index (χ0) is 36.0. The molecule has 14 heteroatoms. The first-order valence-electron chi connectivity index (χ1n) is 15.4. The summed E-state index contributed by atoms with van der Waals surface area (Å²) in [5.74, 6) is -1.06. The number of aliphatic hydroxyl groups excluding tert-OH is 1.